The molecule has 1 amide bonds. The molecule has 2 saturated heterocycles. The smallest absolute Gasteiger partial charge is 0.356 e. The number of aliphatic carboxylic acids is 2. The molecule has 3 rings (SSSR count). The van der Waals surface area contributed by atoms with Crippen molar-refractivity contribution in [2.24, 2.45) is 5.73 Å². The highest BCUT2D eigenvalue weighted by Gasteiger charge is 2.52. The van der Waals surface area contributed by atoms with Gasteiger partial charge in [0.1, 0.15) is 17.2 Å². The first-order chi connectivity index (χ1) is 11.4. The zero-order valence-corrected chi connectivity index (χ0v) is 14.9. The molecular weight excluding hydrogens is 380 g/mol. The van der Waals surface area contributed by atoms with Gasteiger partial charge in [0.05, 0.1) is 32.7 Å². The Morgan fingerprint density at radius 1 is 1.36 bits per heavy atom. The number of methoxy groups -OCH3 is 1. The summed E-state index contributed by atoms with van der Waals surface area (Å²) in [6, 6.07) is -0.595. The highest BCUT2D eigenvalue weighted by Crippen LogP contribution is 2.39. The average molecular weight is 399 g/mol. The van der Waals surface area contributed by atoms with E-state index in [0.29, 0.717) is 24.7 Å². The van der Waals surface area contributed by atoms with Crippen molar-refractivity contribution < 1.29 is 38.8 Å². The van der Waals surface area contributed by atoms with Crippen LogP contribution in [0.4, 0.5) is 0 Å². The van der Waals surface area contributed by atoms with Crippen LogP contribution < -0.4 is 5.73 Å². The number of thioether (sulfide) groups is 1. The summed E-state index contributed by atoms with van der Waals surface area (Å²) in [4.78, 5) is 33.7. The van der Waals surface area contributed by atoms with E-state index in [2.05, 4.69) is 0 Å². The summed E-state index contributed by atoms with van der Waals surface area (Å²) in [5.41, 5.74) is 5.48. The fourth-order valence-electron chi connectivity index (χ4n) is 2.27. The fraction of sp³-hybridized carbons (Fsp3) is 0.615. The standard InChI is InChI=1S/C8H10N2O4S.C5H8O4.ClH/c1-14-3-2-15-7-4(9)6(11)10(7)5(3)8(12)13;6-5(7)4-3-8-1-2-9-4;/h4,7H,2,9H2,1H3,(H,12,13);4H,1-3H2,(H,6,7);1H/t4-,7-;;/m1../s1. The van der Waals surface area contributed by atoms with Gasteiger partial charge in [-0.2, -0.15) is 0 Å². The maximum absolute atomic E-state index is 11.4. The number of fused-ring (bicyclic) bond motifs is 1. The molecule has 10 nitrogen and oxygen atoms in total. The van der Waals surface area contributed by atoms with E-state index in [1.807, 2.05) is 0 Å². The molecule has 0 radical (unpaired) electrons. The van der Waals surface area contributed by atoms with E-state index in [0.717, 1.165) is 0 Å². The Kier molecular flexibility index (Phi) is 7.96. The number of carbonyl (C=O) groups is 3. The van der Waals surface area contributed by atoms with Gasteiger partial charge in [-0.1, -0.05) is 0 Å². The van der Waals surface area contributed by atoms with Gasteiger partial charge < -0.3 is 30.2 Å². The van der Waals surface area contributed by atoms with E-state index in [1.54, 1.807) is 0 Å². The summed E-state index contributed by atoms with van der Waals surface area (Å²) in [6.45, 7) is 1.07. The number of carboxylic acid groups (broad SMARTS) is 2. The van der Waals surface area contributed by atoms with Gasteiger partial charge in [0, 0.05) is 0 Å². The van der Waals surface area contributed by atoms with Crippen LogP contribution in [-0.2, 0) is 28.6 Å². The summed E-state index contributed by atoms with van der Waals surface area (Å²) in [5, 5.41) is 17.1. The van der Waals surface area contributed by atoms with Crippen molar-refractivity contribution in [2.75, 3.05) is 32.7 Å². The first-order valence-electron chi connectivity index (χ1n) is 7.01. The minimum Gasteiger partial charge on any atom is -0.498 e. The van der Waals surface area contributed by atoms with Gasteiger partial charge in [0.15, 0.2) is 11.8 Å². The van der Waals surface area contributed by atoms with Crippen LogP contribution in [0.25, 0.3) is 0 Å². The molecule has 0 saturated carbocycles. The number of rotatable bonds is 3. The predicted octanol–water partition coefficient (Wildman–Crippen LogP) is -0.920. The van der Waals surface area contributed by atoms with Crippen LogP contribution in [0.2, 0.25) is 0 Å². The number of hydrogen-bond donors (Lipinski definition) is 3. The molecule has 3 atom stereocenters. The molecule has 0 aromatic carbocycles. The Bertz CT molecular complexity index is 566. The molecule has 0 bridgehead atoms. The fourth-order valence-corrected chi connectivity index (χ4v) is 3.53. The molecule has 0 spiro atoms. The lowest BCUT2D eigenvalue weighted by Gasteiger charge is -2.47. The van der Waals surface area contributed by atoms with Crippen molar-refractivity contribution in [3.8, 4) is 0 Å². The van der Waals surface area contributed by atoms with Crippen LogP contribution in [0.1, 0.15) is 0 Å². The van der Waals surface area contributed by atoms with Crippen LogP contribution in [0.3, 0.4) is 0 Å². The van der Waals surface area contributed by atoms with E-state index in [1.165, 1.54) is 23.8 Å². The average Bonchev–Trinajstić information content (AvgIpc) is 2.60. The molecule has 3 aliphatic rings. The van der Waals surface area contributed by atoms with Gasteiger partial charge in [-0.3, -0.25) is 9.69 Å². The molecule has 0 aliphatic carbocycles. The Hall–Kier alpha value is -1.53. The second kappa shape index (κ2) is 9.25. The van der Waals surface area contributed by atoms with E-state index >= 15 is 0 Å². The molecule has 12 heteroatoms. The topological polar surface area (TPSA) is 149 Å². The zero-order valence-electron chi connectivity index (χ0n) is 13.2. The molecule has 25 heavy (non-hydrogen) atoms. The first-order valence-corrected chi connectivity index (χ1v) is 8.06. The van der Waals surface area contributed by atoms with Crippen LogP contribution in [-0.4, -0.2) is 83.2 Å². The summed E-state index contributed by atoms with van der Waals surface area (Å²) in [7, 11) is 1.39. The largest absolute Gasteiger partial charge is 0.498 e. The molecular formula is C13H19ClN2O8S. The molecule has 2 fully saturated rings. The number of nitrogens with two attached hydrogens (primary N) is 1. The molecule has 0 aromatic rings. The van der Waals surface area contributed by atoms with Gasteiger partial charge in [-0.05, 0) is 0 Å². The minimum absolute atomic E-state index is 0. The Balaban J connectivity index is 0.000000270. The highest BCUT2D eigenvalue weighted by atomic mass is 35.5. The zero-order chi connectivity index (χ0) is 17.9. The van der Waals surface area contributed by atoms with Crippen molar-refractivity contribution >= 4 is 42.0 Å². The van der Waals surface area contributed by atoms with Crippen molar-refractivity contribution in [1.29, 1.82) is 0 Å². The van der Waals surface area contributed by atoms with Gasteiger partial charge in [0.25, 0.3) is 0 Å². The number of nitrogens with zero attached hydrogens (tertiary/aromatic N) is 1. The third-order valence-corrected chi connectivity index (χ3v) is 4.79. The lowest BCUT2D eigenvalue weighted by molar-refractivity contribution is -0.164. The summed E-state index contributed by atoms with van der Waals surface area (Å²) >= 11 is 1.41. The third-order valence-electron chi connectivity index (χ3n) is 3.51. The maximum atomic E-state index is 11.4. The van der Waals surface area contributed by atoms with Gasteiger partial charge in [0.2, 0.25) is 5.91 Å². The van der Waals surface area contributed by atoms with Crippen LogP contribution in [0.5, 0.6) is 0 Å². The third kappa shape index (κ3) is 4.55. The Morgan fingerprint density at radius 3 is 2.48 bits per heavy atom. The second-order valence-electron chi connectivity index (χ2n) is 4.99. The summed E-state index contributed by atoms with van der Waals surface area (Å²) < 4.78 is 14.6. The Morgan fingerprint density at radius 2 is 2.04 bits per heavy atom. The van der Waals surface area contributed by atoms with Crippen LogP contribution in [0.15, 0.2) is 11.5 Å². The molecule has 3 aliphatic heterocycles. The molecule has 3 heterocycles. The van der Waals surface area contributed by atoms with Crippen molar-refractivity contribution in [3.05, 3.63) is 11.5 Å². The van der Waals surface area contributed by atoms with E-state index < -0.39 is 24.1 Å². The number of ether oxygens (including phenoxy) is 3. The number of carbonyl (C=O) groups excluding carboxylic acids is 1. The van der Waals surface area contributed by atoms with E-state index in [4.69, 9.17) is 30.2 Å². The van der Waals surface area contributed by atoms with Gasteiger partial charge in [-0.25, -0.2) is 9.59 Å². The number of halogens is 1. The van der Waals surface area contributed by atoms with Crippen LogP contribution >= 0.6 is 24.2 Å². The first kappa shape index (κ1) is 21.5. The monoisotopic (exact) mass is 398 g/mol. The molecule has 142 valence electrons. The van der Waals surface area contributed by atoms with E-state index in [9.17, 15) is 14.4 Å². The normalized spacial score (nSPS) is 27.8. The second-order valence-corrected chi connectivity index (χ2v) is 6.09. The van der Waals surface area contributed by atoms with Gasteiger partial charge in [-0.15, -0.1) is 24.2 Å². The number of β-lactam (4-membered cyclic amide) rings is 1. The minimum atomic E-state index is -1.16. The molecule has 4 N–H and O–H groups in total. The Labute approximate surface area is 153 Å². The predicted molar refractivity (Wildman–Crippen MR) is 88.2 cm³/mol. The number of hydrogen-bond acceptors (Lipinski definition) is 8. The number of carboxylic acids is 2. The maximum Gasteiger partial charge on any atom is 0.356 e. The summed E-state index contributed by atoms with van der Waals surface area (Å²) in [5.74, 6) is -1.73. The van der Waals surface area contributed by atoms with Crippen molar-refractivity contribution in [2.45, 2.75) is 17.5 Å². The SMILES string of the molecule is COC1=C(C(=O)O)N2C(=O)[C@@H](N)[C@H]2SC1.Cl.O=C(O)C1COCCO1. The summed E-state index contributed by atoms with van der Waals surface area (Å²) in [6.07, 6.45) is -0.751. The lowest BCUT2D eigenvalue weighted by atomic mass is 10.1. The number of amides is 1. The lowest BCUT2D eigenvalue weighted by Crippen LogP contribution is -2.68. The molecule has 0 aromatic heterocycles. The van der Waals surface area contributed by atoms with Crippen molar-refractivity contribution in [1.82, 2.24) is 4.90 Å². The van der Waals surface area contributed by atoms with E-state index in [-0.39, 0.29) is 36.0 Å². The highest BCUT2D eigenvalue weighted by molar-refractivity contribution is 8.00. The quantitative estimate of drug-likeness (QED) is 0.509. The van der Waals surface area contributed by atoms with Crippen molar-refractivity contribution in [3.63, 3.8) is 0 Å². The molecule has 1 unspecified atom stereocenters. The van der Waals surface area contributed by atoms with Gasteiger partial charge >= 0.3 is 11.9 Å². The van der Waals surface area contributed by atoms with Crippen LogP contribution in [0, 0.1) is 0 Å².